The number of carbonyl (C=O) groups is 2. The molecule has 0 N–H and O–H groups in total. The first-order valence-electron chi connectivity index (χ1n) is 3.14. The molecular weight excluding hydrogens is 180 g/mol. The lowest BCUT2D eigenvalue weighted by atomic mass is 10.2. The van der Waals surface area contributed by atoms with E-state index in [0.717, 1.165) is 0 Å². The summed E-state index contributed by atoms with van der Waals surface area (Å²) >= 11 is 5.43. The molecule has 4 nitrogen and oxygen atoms in total. The van der Waals surface area contributed by atoms with Gasteiger partial charge in [-0.2, -0.15) is 0 Å². The van der Waals surface area contributed by atoms with E-state index in [1.54, 1.807) is 0 Å². The normalized spacial score (nSPS) is 9.50. The lowest BCUT2D eigenvalue weighted by molar-refractivity contribution is -0.113. The van der Waals surface area contributed by atoms with Gasteiger partial charge in [0.15, 0.2) is 0 Å². The Kier molecular flexibility index (Phi) is 2.50. The number of aromatic nitrogens is 2. The van der Waals surface area contributed by atoms with Crippen LogP contribution in [0.3, 0.4) is 0 Å². The van der Waals surface area contributed by atoms with Crippen molar-refractivity contribution >= 4 is 23.2 Å². The minimum atomic E-state index is -0.654. The predicted molar refractivity (Wildman–Crippen MR) is 42.1 cm³/mol. The summed E-state index contributed by atoms with van der Waals surface area (Å²) in [5.41, 5.74) is 0.0203. The summed E-state index contributed by atoms with van der Waals surface area (Å²) in [4.78, 5) is 28.8. The van der Waals surface area contributed by atoms with Crippen LogP contribution in [0.4, 0.5) is 0 Å². The third-order valence-electron chi connectivity index (χ3n) is 1.17. The summed E-state index contributed by atoms with van der Waals surface area (Å²) in [6.07, 6.45) is 2.39. The SMILES string of the molecule is CC(=O)C(=O)c1cnc(Cl)cn1. The molecule has 0 bridgehead atoms. The number of Topliss-reactive ketones (excluding diaryl/α,β-unsaturated/α-hetero) is 2. The van der Waals surface area contributed by atoms with Crippen molar-refractivity contribution in [1.29, 1.82) is 0 Å². The van der Waals surface area contributed by atoms with E-state index in [9.17, 15) is 9.59 Å². The van der Waals surface area contributed by atoms with Gasteiger partial charge in [-0.05, 0) is 0 Å². The van der Waals surface area contributed by atoms with Gasteiger partial charge in [0.25, 0.3) is 0 Å². The molecule has 0 amide bonds. The van der Waals surface area contributed by atoms with Crippen LogP contribution >= 0.6 is 11.6 Å². The Labute approximate surface area is 73.6 Å². The molecule has 0 atom stereocenters. The predicted octanol–water partition coefficient (Wildman–Crippen LogP) is 0.902. The standard InChI is InChI=1S/C7H5ClN2O2/c1-4(11)7(12)5-2-10-6(8)3-9-5/h2-3H,1H3. The van der Waals surface area contributed by atoms with Crippen LogP contribution in [0, 0.1) is 0 Å². The van der Waals surface area contributed by atoms with E-state index in [2.05, 4.69) is 9.97 Å². The Bertz CT molecular complexity index is 321. The minimum Gasteiger partial charge on any atom is -0.291 e. The maximum absolute atomic E-state index is 11.0. The number of carbonyl (C=O) groups excluding carboxylic acids is 2. The van der Waals surface area contributed by atoms with Crippen LogP contribution in [0.1, 0.15) is 17.4 Å². The summed E-state index contributed by atoms with van der Waals surface area (Å²) in [5, 5.41) is 0.190. The molecule has 0 aliphatic carbocycles. The first-order chi connectivity index (χ1) is 5.61. The molecule has 1 rings (SSSR count). The second-order valence-electron chi connectivity index (χ2n) is 2.11. The molecule has 1 aromatic rings. The third-order valence-corrected chi connectivity index (χ3v) is 1.37. The van der Waals surface area contributed by atoms with Crippen LogP contribution in [-0.2, 0) is 4.79 Å². The summed E-state index contributed by atoms with van der Waals surface area (Å²) in [7, 11) is 0. The molecule has 1 aromatic heterocycles. The van der Waals surface area contributed by atoms with E-state index in [1.165, 1.54) is 19.3 Å². The smallest absolute Gasteiger partial charge is 0.248 e. The fraction of sp³-hybridized carbons (Fsp3) is 0.143. The third kappa shape index (κ3) is 1.85. The Balaban J connectivity index is 2.98. The Morgan fingerprint density at radius 2 is 2.00 bits per heavy atom. The van der Waals surface area contributed by atoms with Gasteiger partial charge in [-0.1, -0.05) is 11.6 Å². The van der Waals surface area contributed by atoms with Gasteiger partial charge in [0.05, 0.1) is 12.4 Å². The molecule has 0 fully saturated rings. The van der Waals surface area contributed by atoms with E-state index < -0.39 is 11.6 Å². The number of hydrogen-bond donors (Lipinski definition) is 0. The largest absolute Gasteiger partial charge is 0.291 e. The molecule has 0 saturated heterocycles. The topological polar surface area (TPSA) is 59.9 Å². The second-order valence-corrected chi connectivity index (χ2v) is 2.50. The van der Waals surface area contributed by atoms with Crippen molar-refractivity contribution in [2.45, 2.75) is 6.92 Å². The average Bonchev–Trinajstić information content (AvgIpc) is 2.04. The van der Waals surface area contributed by atoms with Crippen molar-refractivity contribution in [1.82, 2.24) is 9.97 Å². The molecule has 0 radical (unpaired) electrons. The van der Waals surface area contributed by atoms with Crippen LogP contribution in [0.15, 0.2) is 12.4 Å². The molecule has 0 aliphatic rings. The molecule has 0 spiro atoms. The fourth-order valence-electron chi connectivity index (χ4n) is 0.610. The van der Waals surface area contributed by atoms with Gasteiger partial charge in [-0.15, -0.1) is 0 Å². The van der Waals surface area contributed by atoms with Gasteiger partial charge in [-0.25, -0.2) is 9.97 Å². The van der Waals surface area contributed by atoms with Gasteiger partial charge >= 0.3 is 0 Å². The highest BCUT2D eigenvalue weighted by Crippen LogP contribution is 2.01. The molecular formula is C7H5ClN2O2. The van der Waals surface area contributed by atoms with Crippen LogP contribution < -0.4 is 0 Å². The Hall–Kier alpha value is -1.29. The van der Waals surface area contributed by atoms with E-state index in [0.29, 0.717) is 0 Å². The number of rotatable bonds is 2. The quantitative estimate of drug-likeness (QED) is 0.506. The van der Waals surface area contributed by atoms with Crippen molar-refractivity contribution in [3.8, 4) is 0 Å². The maximum atomic E-state index is 11.0. The minimum absolute atomic E-state index is 0.0203. The highest BCUT2D eigenvalue weighted by atomic mass is 35.5. The number of ketones is 2. The van der Waals surface area contributed by atoms with Crippen molar-refractivity contribution in [2.24, 2.45) is 0 Å². The summed E-state index contributed by atoms with van der Waals surface area (Å²) in [6.45, 7) is 1.18. The lowest BCUT2D eigenvalue weighted by Crippen LogP contribution is -2.11. The molecule has 0 unspecified atom stereocenters. The first kappa shape index (κ1) is 8.80. The van der Waals surface area contributed by atoms with Gasteiger partial charge in [0.1, 0.15) is 10.8 Å². The Morgan fingerprint density at radius 3 is 2.42 bits per heavy atom. The molecule has 5 heteroatoms. The molecule has 0 aromatic carbocycles. The molecule has 0 aliphatic heterocycles. The number of halogens is 1. The molecule has 1 heterocycles. The van der Waals surface area contributed by atoms with E-state index >= 15 is 0 Å². The fourth-order valence-corrected chi connectivity index (χ4v) is 0.707. The van der Waals surface area contributed by atoms with Crippen LogP contribution in [-0.4, -0.2) is 21.5 Å². The lowest BCUT2D eigenvalue weighted by Gasteiger charge is -1.93. The van der Waals surface area contributed by atoms with E-state index in [1.807, 2.05) is 0 Å². The van der Waals surface area contributed by atoms with Crippen molar-refractivity contribution in [3.05, 3.63) is 23.2 Å². The van der Waals surface area contributed by atoms with Crippen LogP contribution in [0.25, 0.3) is 0 Å². The summed E-state index contributed by atoms with van der Waals surface area (Å²) in [6, 6.07) is 0. The van der Waals surface area contributed by atoms with Crippen LogP contribution in [0.2, 0.25) is 5.15 Å². The van der Waals surface area contributed by atoms with Gasteiger partial charge in [0, 0.05) is 6.92 Å². The second kappa shape index (κ2) is 3.40. The van der Waals surface area contributed by atoms with Gasteiger partial charge < -0.3 is 0 Å². The number of nitrogens with zero attached hydrogens (tertiary/aromatic N) is 2. The number of hydrogen-bond acceptors (Lipinski definition) is 4. The maximum Gasteiger partial charge on any atom is 0.248 e. The summed E-state index contributed by atoms with van der Waals surface area (Å²) < 4.78 is 0. The zero-order valence-electron chi connectivity index (χ0n) is 6.24. The van der Waals surface area contributed by atoms with E-state index in [-0.39, 0.29) is 10.8 Å². The monoisotopic (exact) mass is 184 g/mol. The van der Waals surface area contributed by atoms with Crippen molar-refractivity contribution in [3.63, 3.8) is 0 Å². The molecule has 0 saturated carbocycles. The van der Waals surface area contributed by atoms with E-state index in [4.69, 9.17) is 11.6 Å². The highest BCUT2D eigenvalue weighted by molar-refractivity contribution is 6.42. The summed E-state index contributed by atoms with van der Waals surface area (Å²) in [5.74, 6) is -1.22. The van der Waals surface area contributed by atoms with Crippen LogP contribution in [0.5, 0.6) is 0 Å². The van der Waals surface area contributed by atoms with Crippen molar-refractivity contribution < 1.29 is 9.59 Å². The highest BCUT2D eigenvalue weighted by Gasteiger charge is 2.12. The Morgan fingerprint density at radius 1 is 1.33 bits per heavy atom. The molecule has 62 valence electrons. The van der Waals surface area contributed by atoms with Crippen molar-refractivity contribution in [2.75, 3.05) is 0 Å². The average molecular weight is 185 g/mol. The zero-order chi connectivity index (χ0) is 9.14. The van der Waals surface area contributed by atoms with Gasteiger partial charge in [-0.3, -0.25) is 9.59 Å². The van der Waals surface area contributed by atoms with Gasteiger partial charge in [0.2, 0.25) is 11.6 Å². The zero-order valence-corrected chi connectivity index (χ0v) is 7.00. The molecule has 12 heavy (non-hydrogen) atoms. The first-order valence-corrected chi connectivity index (χ1v) is 3.52.